The normalized spacial score (nSPS) is 12.8. The second-order valence-corrected chi connectivity index (χ2v) is 8.44. The number of nitrogens with one attached hydrogen (secondary N) is 1. The van der Waals surface area contributed by atoms with Gasteiger partial charge in [0.1, 0.15) is 23.4 Å². The van der Waals surface area contributed by atoms with Crippen molar-refractivity contribution in [3.63, 3.8) is 0 Å². The maximum Gasteiger partial charge on any atom is 0.249 e. The topological polar surface area (TPSA) is 122 Å². The number of rotatable bonds is 10. The van der Waals surface area contributed by atoms with Crippen LogP contribution in [-0.2, 0) is 17.8 Å². The van der Waals surface area contributed by atoms with E-state index in [4.69, 9.17) is 21.4 Å². The average Bonchev–Trinajstić information content (AvgIpc) is 3.45. The zero-order valence-corrected chi connectivity index (χ0v) is 19.7. The van der Waals surface area contributed by atoms with Gasteiger partial charge in [-0.25, -0.2) is 4.39 Å². The number of halogens is 2. The maximum absolute atomic E-state index is 14.4. The number of nitrogens with zero attached hydrogens (tertiary/aromatic N) is 3. The van der Waals surface area contributed by atoms with Crippen LogP contribution in [0.5, 0.6) is 17.4 Å². The summed E-state index contributed by atoms with van der Waals surface area (Å²) < 4.78 is 22.9. The lowest BCUT2D eigenvalue weighted by Gasteiger charge is -2.19. The lowest BCUT2D eigenvalue weighted by Crippen LogP contribution is -2.28. The summed E-state index contributed by atoms with van der Waals surface area (Å²) in [5.41, 5.74) is 0.274. The van der Waals surface area contributed by atoms with Gasteiger partial charge in [-0.05, 0) is 23.8 Å². The van der Waals surface area contributed by atoms with Gasteiger partial charge in [0.2, 0.25) is 5.91 Å². The molecule has 11 heteroatoms. The Hall–Kier alpha value is -3.86. The molecule has 2 heterocycles. The number of carbonyl (C=O) groups is 1. The standard InChI is InChI=1S/C25H24ClFN4O5/c26-19-6-2-4-8-22(19)36-18-12-24(34)31(14-18)21(11-16-5-1-3-7-20(16)27)25(35)28-23-9-10-30(29-23)13-17(33)15-32/h1-10,12,14,17,21,32-34H,11,13,15H2,(H,28,29,35)/t17-,21+/m1/s1. The number of ether oxygens (including phenoxy) is 1. The molecule has 0 aliphatic carbocycles. The minimum absolute atomic E-state index is 0.0339. The minimum atomic E-state index is -1.07. The van der Waals surface area contributed by atoms with Crippen molar-refractivity contribution in [1.29, 1.82) is 0 Å². The van der Waals surface area contributed by atoms with E-state index in [1.165, 1.54) is 39.8 Å². The Morgan fingerprint density at radius 2 is 1.92 bits per heavy atom. The van der Waals surface area contributed by atoms with E-state index >= 15 is 0 Å². The van der Waals surface area contributed by atoms with Crippen molar-refractivity contribution in [2.45, 2.75) is 25.1 Å². The minimum Gasteiger partial charge on any atom is -0.494 e. The molecule has 36 heavy (non-hydrogen) atoms. The number of aliphatic hydroxyl groups is 2. The van der Waals surface area contributed by atoms with Crippen LogP contribution >= 0.6 is 11.6 Å². The first-order chi connectivity index (χ1) is 17.3. The molecule has 0 saturated carbocycles. The fourth-order valence-electron chi connectivity index (χ4n) is 3.61. The van der Waals surface area contributed by atoms with E-state index in [0.717, 1.165) is 0 Å². The monoisotopic (exact) mass is 514 g/mol. The van der Waals surface area contributed by atoms with Crippen LogP contribution in [-0.4, -0.2) is 48.3 Å². The zero-order chi connectivity index (χ0) is 25.7. The zero-order valence-electron chi connectivity index (χ0n) is 19.0. The number of amides is 1. The van der Waals surface area contributed by atoms with Gasteiger partial charge < -0.3 is 29.9 Å². The molecule has 0 unspecified atom stereocenters. The summed E-state index contributed by atoms with van der Waals surface area (Å²) in [5, 5.41) is 36.4. The quantitative estimate of drug-likeness (QED) is 0.256. The van der Waals surface area contributed by atoms with Gasteiger partial charge in [-0.3, -0.25) is 9.48 Å². The Balaban J connectivity index is 1.61. The summed E-state index contributed by atoms with van der Waals surface area (Å²) in [6.07, 6.45) is 1.88. The van der Waals surface area contributed by atoms with Gasteiger partial charge in [0, 0.05) is 24.8 Å². The first kappa shape index (κ1) is 25.2. The van der Waals surface area contributed by atoms with Gasteiger partial charge in [-0.1, -0.05) is 41.9 Å². The molecular weight excluding hydrogens is 491 g/mol. The van der Waals surface area contributed by atoms with Crippen LogP contribution in [0.25, 0.3) is 0 Å². The van der Waals surface area contributed by atoms with E-state index in [0.29, 0.717) is 10.8 Å². The van der Waals surface area contributed by atoms with Gasteiger partial charge in [-0.2, -0.15) is 5.10 Å². The summed E-state index contributed by atoms with van der Waals surface area (Å²) in [6.45, 7) is -0.399. The predicted octanol–water partition coefficient (Wildman–Crippen LogP) is 3.75. The lowest BCUT2D eigenvalue weighted by atomic mass is 10.0. The molecular formula is C25H24ClFN4O5. The predicted molar refractivity (Wildman–Crippen MR) is 131 cm³/mol. The Bertz CT molecular complexity index is 1340. The number of aromatic nitrogens is 3. The van der Waals surface area contributed by atoms with Crippen molar-refractivity contribution >= 4 is 23.3 Å². The fourth-order valence-corrected chi connectivity index (χ4v) is 3.78. The van der Waals surface area contributed by atoms with Crippen molar-refractivity contribution < 1.29 is 29.2 Å². The van der Waals surface area contributed by atoms with Gasteiger partial charge in [0.05, 0.1) is 30.5 Å². The van der Waals surface area contributed by atoms with E-state index in [-0.39, 0.29) is 36.0 Å². The van der Waals surface area contributed by atoms with Gasteiger partial charge in [-0.15, -0.1) is 0 Å². The number of anilines is 1. The fraction of sp³-hybridized carbons (Fsp3) is 0.200. The molecule has 0 radical (unpaired) electrons. The summed E-state index contributed by atoms with van der Waals surface area (Å²) in [5.74, 6) is -0.553. The Kier molecular flexibility index (Phi) is 7.89. The first-order valence-electron chi connectivity index (χ1n) is 11.0. The molecule has 4 N–H and O–H groups in total. The highest BCUT2D eigenvalue weighted by atomic mass is 35.5. The third kappa shape index (κ3) is 6.03. The van der Waals surface area contributed by atoms with E-state index < -0.39 is 30.5 Å². The molecule has 2 aromatic heterocycles. The van der Waals surface area contributed by atoms with Crippen LogP contribution in [0.15, 0.2) is 73.1 Å². The van der Waals surface area contributed by atoms with Gasteiger partial charge in [0.15, 0.2) is 11.7 Å². The molecule has 0 aliphatic rings. The Labute approximate surface area is 210 Å². The molecule has 2 aromatic carbocycles. The highest BCUT2D eigenvalue weighted by Gasteiger charge is 2.26. The number of aliphatic hydroxyl groups excluding tert-OH is 2. The van der Waals surface area contributed by atoms with E-state index in [9.17, 15) is 19.4 Å². The molecule has 0 fully saturated rings. The van der Waals surface area contributed by atoms with Crippen molar-refractivity contribution in [1.82, 2.24) is 14.3 Å². The summed E-state index contributed by atoms with van der Waals surface area (Å²) >= 11 is 6.15. The number of hydrogen-bond donors (Lipinski definition) is 4. The molecule has 0 saturated heterocycles. The molecule has 0 aliphatic heterocycles. The highest BCUT2D eigenvalue weighted by Crippen LogP contribution is 2.34. The molecule has 0 bridgehead atoms. The van der Waals surface area contributed by atoms with Gasteiger partial charge in [0.25, 0.3) is 0 Å². The lowest BCUT2D eigenvalue weighted by molar-refractivity contribution is -0.119. The summed E-state index contributed by atoms with van der Waals surface area (Å²) in [4.78, 5) is 13.3. The SMILES string of the molecule is O=C(Nc1ccn(C[C@@H](O)CO)n1)[C@H](Cc1ccccc1F)n1cc(Oc2ccccc2Cl)cc1O. The van der Waals surface area contributed by atoms with Crippen molar-refractivity contribution in [3.8, 4) is 17.4 Å². The second-order valence-electron chi connectivity index (χ2n) is 8.03. The van der Waals surface area contributed by atoms with Crippen molar-refractivity contribution in [3.05, 3.63) is 89.5 Å². The summed E-state index contributed by atoms with van der Waals surface area (Å²) in [6, 6.07) is 14.6. The van der Waals surface area contributed by atoms with Crippen LogP contribution in [0.2, 0.25) is 5.02 Å². The molecule has 4 rings (SSSR count). The number of para-hydroxylation sites is 1. The van der Waals surface area contributed by atoms with Crippen molar-refractivity contribution in [2.24, 2.45) is 0 Å². The number of aromatic hydroxyl groups is 1. The van der Waals surface area contributed by atoms with Crippen LogP contribution in [0.3, 0.4) is 0 Å². The van der Waals surface area contributed by atoms with E-state index in [1.807, 2.05) is 0 Å². The number of hydrogen-bond acceptors (Lipinski definition) is 6. The summed E-state index contributed by atoms with van der Waals surface area (Å²) in [7, 11) is 0. The largest absolute Gasteiger partial charge is 0.494 e. The molecule has 188 valence electrons. The van der Waals surface area contributed by atoms with E-state index in [1.54, 1.807) is 42.5 Å². The molecule has 0 spiro atoms. The third-order valence-corrected chi connectivity index (χ3v) is 5.69. The first-order valence-corrected chi connectivity index (χ1v) is 11.4. The molecule has 1 amide bonds. The second kappa shape index (κ2) is 11.3. The molecule has 4 aromatic rings. The van der Waals surface area contributed by atoms with E-state index in [2.05, 4.69) is 10.4 Å². The van der Waals surface area contributed by atoms with Crippen LogP contribution in [0.1, 0.15) is 11.6 Å². The molecule has 2 atom stereocenters. The van der Waals surface area contributed by atoms with Crippen LogP contribution in [0, 0.1) is 5.82 Å². The Morgan fingerprint density at radius 3 is 2.67 bits per heavy atom. The van der Waals surface area contributed by atoms with Crippen LogP contribution < -0.4 is 10.1 Å². The molecule has 9 nitrogen and oxygen atoms in total. The number of benzene rings is 2. The number of carbonyl (C=O) groups excluding carboxylic acids is 1. The maximum atomic E-state index is 14.4. The highest BCUT2D eigenvalue weighted by molar-refractivity contribution is 6.32. The Morgan fingerprint density at radius 1 is 1.17 bits per heavy atom. The smallest absolute Gasteiger partial charge is 0.249 e. The average molecular weight is 515 g/mol. The van der Waals surface area contributed by atoms with Crippen LogP contribution in [0.4, 0.5) is 10.2 Å². The third-order valence-electron chi connectivity index (χ3n) is 5.38. The van der Waals surface area contributed by atoms with Crippen molar-refractivity contribution in [2.75, 3.05) is 11.9 Å². The van der Waals surface area contributed by atoms with Gasteiger partial charge >= 0.3 is 0 Å².